The maximum Gasteiger partial charge on any atom is 0.255 e. The number of hydrogen-bond donors (Lipinski definition) is 0. The molecule has 1 aromatic rings. The molecule has 1 fully saturated rings. The first-order chi connectivity index (χ1) is 10.6. The number of fused-ring (bicyclic) bond motifs is 1. The minimum absolute atomic E-state index is 0.0585. The molecule has 1 aliphatic heterocycles. The smallest absolute Gasteiger partial charge is 0.255 e. The molecule has 0 aromatic heterocycles. The zero-order chi connectivity index (χ0) is 15.7. The van der Waals surface area contributed by atoms with Crippen molar-refractivity contribution in [3.63, 3.8) is 0 Å². The maximum absolute atomic E-state index is 12.4. The molecule has 1 aromatic carbocycles. The fraction of sp³-hybridized carbons (Fsp3) is 0.294. The highest BCUT2D eigenvalue weighted by molar-refractivity contribution is 6.07. The second-order valence-corrected chi connectivity index (χ2v) is 5.43. The van der Waals surface area contributed by atoms with Crippen LogP contribution in [-0.2, 0) is 20.9 Å². The molecular weight excluding hydrogens is 282 g/mol. The number of nitrogens with zero attached hydrogens (tertiary/aromatic N) is 1. The summed E-state index contributed by atoms with van der Waals surface area (Å²) < 4.78 is 0. The summed E-state index contributed by atoms with van der Waals surface area (Å²) in [6.07, 6.45) is 1.17. The number of rotatable bonds is 1. The molecular formula is C17H13NO4. The Morgan fingerprint density at radius 2 is 2.05 bits per heavy atom. The van der Waals surface area contributed by atoms with E-state index in [0.717, 1.165) is 5.56 Å². The third-order valence-electron chi connectivity index (χ3n) is 4.03. The van der Waals surface area contributed by atoms with Crippen molar-refractivity contribution in [1.29, 1.82) is 0 Å². The van der Waals surface area contributed by atoms with E-state index in [1.54, 1.807) is 18.2 Å². The van der Waals surface area contributed by atoms with Crippen molar-refractivity contribution in [2.45, 2.75) is 31.8 Å². The summed E-state index contributed by atoms with van der Waals surface area (Å²) in [5.41, 5.74) is 2.01. The van der Waals surface area contributed by atoms with Crippen molar-refractivity contribution in [3.05, 3.63) is 34.9 Å². The Hall–Kier alpha value is -2.74. The standard InChI is InChI=1S/C17H13NO4/c19-7-1-2-11-3-5-14-12(8-11)10-18(17(14)22)15-6-4-13(20)9-16(15)21/h3,5,7-8,15H,4,6,9-10H2. The highest BCUT2D eigenvalue weighted by Gasteiger charge is 2.38. The van der Waals surface area contributed by atoms with Gasteiger partial charge in [0.1, 0.15) is 5.78 Å². The SMILES string of the molecule is O=CC#Cc1ccc2c(c1)CN(C1CCC(=O)CC1=O)C2=O. The normalized spacial score (nSPS) is 20.5. The van der Waals surface area contributed by atoms with Gasteiger partial charge in [-0.1, -0.05) is 5.92 Å². The molecule has 1 aliphatic carbocycles. The lowest BCUT2D eigenvalue weighted by atomic mass is 9.92. The van der Waals surface area contributed by atoms with E-state index in [-0.39, 0.29) is 23.9 Å². The summed E-state index contributed by atoms with van der Waals surface area (Å²) in [4.78, 5) is 47.6. The van der Waals surface area contributed by atoms with Gasteiger partial charge in [-0.2, -0.15) is 0 Å². The van der Waals surface area contributed by atoms with Gasteiger partial charge in [0.2, 0.25) is 0 Å². The van der Waals surface area contributed by atoms with Crippen LogP contribution in [0.1, 0.15) is 40.7 Å². The Morgan fingerprint density at radius 3 is 2.77 bits per heavy atom. The van der Waals surface area contributed by atoms with Gasteiger partial charge in [-0.05, 0) is 36.1 Å². The predicted octanol–water partition coefficient (Wildman–Crippen LogP) is 0.883. The predicted molar refractivity (Wildman–Crippen MR) is 76.9 cm³/mol. The minimum Gasteiger partial charge on any atom is -0.324 e. The number of carbonyl (C=O) groups is 4. The minimum atomic E-state index is -0.512. The van der Waals surface area contributed by atoms with Gasteiger partial charge in [-0.25, -0.2) is 0 Å². The van der Waals surface area contributed by atoms with Crippen LogP contribution in [0, 0.1) is 11.8 Å². The van der Waals surface area contributed by atoms with E-state index in [9.17, 15) is 19.2 Å². The van der Waals surface area contributed by atoms with E-state index in [4.69, 9.17) is 0 Å². The van der Waals surface area contributed by atoms with Gasteiger partial charge in [0.15, 0.2) is 12.1 Å². The molecule has 1 saturated carbocycles. The van der Waals surface area contributed by atoms with Crippen molar-refractivity contribution in [2.24, 2.45) is 0 Å². The summed E-state index contributed by atoms with van der Waals surface area (Å²) >= 11 is 0. The van der Waals surface area contributed by atoms with Crippen LogP contribution in [0.25, 0.3) is 0 Å². The van der Waals surface area contributed by atoms with Gasteiger partial charge in [0.05, 0.1) is 12.5 Å². The number of benzene rings is 1. The van der Waals surface area contributed by atoms with E-state index in [0.29, 0.717) is 36.8 Å². The second-order valence-electron chi connectivity index (χ2n) is 5.43. The van der Waals surface area contributed by atoms with Gasteiger partial charge in [0.25, 0.3) is 5.91 Å². The van der Waals surface area contributed by atoms with E-state index >= 15 is 0 Å². The molecule has 22 heavy (non-hydrogen) atoms. The Bertz CT molecular complexity index is 754. The summed E-state index contributed by atoms with van der Waals surface area (Å²) in [7, 11) is 0. The first-order valence-electron chi connectivity index (χ1n) is 7.03. The highest BCUT2D eigenvalue weighted by Crippen LogP contribution is 2.29. The average Bonchev–Trinajstić information content (AvgIpc) is 2.82. The zero-order valence-electron chi connectivity index (χ0n) is 11.8. The van der Waals surface area contributed by atoms with Crippen molar-refractivity contribution in [1.82, 2.24) is 4.90 Å². The van der Waals surface area contributed by atoms with E-state index in [1.165, 1.54) is 4.90 Å². The number of Topliss-reactive ketones (excluding diaryl/α,β-unsaturated/α-hetero) is 2. The van der Waals surface area contributed by atoms with Crippen LogP contribution in [0.5, 0.6) is 0 Å². The van der Waals surface area contributed by atoms with Crippen molar-refractivity contribution in [2.75, 3.05) is 0 Å². The maximum atomic E-state index is 12.4. The molecule has 3 rings (SSSR count). The van der Waals surface area contributed by atoms with E-state index in [1.807, 2.05) is 0 Å². The molecule has 2 aliphatic rings. The Labute approximate surface area is 127 Å². The van der Waals surface area contributed by atoms with E-state index in [2.05, 4.69) is 11.8 Å². The third-order valence-corrected chi connectivity index (χ3v) is 4.03. The molecule has 1 heterocycles. The molecule has 0 N–H and O–H groups in total. The van der Waals surface area contributed by atoms with Crippen molar-refractivity contribution in [3.8, 4) is 11.8 Å². The lowest BCUT2D eigenvalue weighted by Gasteiger charge is -2.29. The van der Waals surface area contributed by atoms with Gasteiger partial charge in [-0.15, -0.1) is 0 Å². The monoisotopic (exact) mass is 295 g/mol. The molecule has 0 bridgehead atoms. The van der Waals surface area contributed by atoms with Crippen molar-refractivity contribution < 1.29 is 19.2 Å². The Balaban J connectivity index is 1.86. The van der Waals surface area contributed by atoms with Crippen LogP contribution < -0.4 is 0 Å². The largest absolute Gasteiger partial charge is 0.324 e. The van der Waals surface area contributed by atoms with Gasteiger partial charge in [-0.3, -0.25) is 19.2 Å². The number of hydrogen-bond acceptors (Lipinski definition) is 4. The molecule has 1 unspecified atom stereocenters. The van der Waals surface area contributed by atoms with Gasteiger partial charge >= 0.3 is 0 Å². The highest BCUT2D eigenvalue weighted by atomic mass is 16.2. The lowest BCUT2D eigenvalue weighted by molar-refractivity contribution is -0.133. The van der Waals surface area contributed by atoms with Crippen LogP contribution in [0.15, 0.2) is 18.2 Å². The number of aldehydes is 1. The third kappa shape index (κ3) is 2.44. The molecule has 0 radical (unpaired) electrons. The quantitative estimate of drug-likeness (QED) is 0.438. The zero-order valence-corrected chi connectivity index (χ0v) is 11.8. The van der Waals surface area contributed by atoms with Gasteiger partial charge in [0, 0.05) is 24.1 Å². The number of ketones is 2. The first kappa shape index (κ1) is 14.2. The van der Waals surface area contributed by atoms with Crippen LogP contribution in [-0.4, -0.2) is 34.7 Å². The fourth-order valence-electron chi connectivity index (χ4n) is 2.97. The lowest BCUT2D eigenvalue weighted by Crippen LogP contribution is -2.44. The average molecular weight is 295 g/mol. The molecule has 5 heteroatoms. The summed E-state index contributed by atoms with van der Waals surface area (Å²) in [6, 6.07) is 4.61. The van der Waals surface area contributed by atoms with E-state index < -0.39 is 6.04 Å². The molecule has 110 valence electrons. The fourth-order valence-corrected chi connectivity index (χ4v) is 2.97. The summed E-state index contributed by atoms with van der Waals surface area (Å²) in [5, 5.41) is 0. The molecule has 0 spiro atoms. The summed E-state index contributed by atoms with van der Waals surface area (Å²) in [6.45, 7) is 0.343. The van der Waals surface area contributed by atoms with Crippen LogP contribution in [0.4, 0.5) is 0 Å². The van der Waals surface area contributed by atoms with Crippen LogP contribution >= 0.6 is 0 Å². The molecule has 0 saturated heterocycles. The number of amides is 1. The Kier molecular flexibility index (Phi) is 3.60. The molecule has 5 nitrogen and oxygen atoms in total. The van der Waals surface area contributed by atoms with Crippen molar-refractivity contribution >= 4 is 23.8 Å². The topological polar surface area (TPSA) is 71.5 Å². The Morgan fingerprint density at radius 1 is 1.23 bits per heavy atom. The molecule has 1 atom stereocenters. The second kappa shape index (κ2) is 5.57. The number of carbonyl (C=O) groups excluding carboxylic acids is 4. The summed E-state index contributed by atoms with van der Waals surface area (Å²) in [5.74, 6) is 4.60. The first-order valence-corrected chi connectivity index (χ1v) is 7.03. The van der Waals surface area contributed by atoms with Crippen LogP contribution in [0.3, 0.4) is 0 Å². The van der Waals surface area contributed by atoms with Crippen LogP contribution in [0.2, 0.25) is 0 Å². The molecule has 1 amide bonds. The van der Waals surface area contributed by atoms with Gasteiger partial charge < -0.3 is 4.90 Å².